The molecule has 17 atom stereocenters. The van der Waals surface area contributed by atoms with Crippen LogP contribution in [0.5, 0.6) is 0 Å². The first-order valence-electron chi connectivity index (χ1n) is 19.7. The first-order valence-corrected chi connectivity index (χ1v) is 19.7. The van der Waals surface area contributed by atoms with Gasteiger partial charge in [-0.05, 0) is 39.0 Å². The van der Waals surface area contributed by atoms with E-state index < -0.39 is 124 Å². The number of carbonyl (C=O) groups is 1. The number of hydrogen-bond donors (Lipinski definition) is 12. The largest absolute Gasteiger partial charge is 0.394 e. The van der Waals surface area contributed by atoms with Gasteiger partial charge in [0, 0.05) is 6.42 Å². The highest BCUT2D eigenvalue weighted by Gasteiger charge is 2.53. The molecule has 12 N–H and O–H groups in total. The summed E-state index contributed by atoms with van der Waals surface area (Å²) >= 11 is 0. The van der Waals surface area contributed by atoms with Crippen LogP contribution in [0.2, 0.25) is 0 Å². The monoisotopic (exact) mass is 823 g/mol. The van der Waals surface area contributed by atoms with Gasteiger partial charge in [0.25, 0.3) is 0 Å². The summed E-state index contributed by atoms with van der Waals surface area (Å²) < 4.78 is 33.7. The van der Waals surface area contributed by atoms with E-state index >= 15 is 0 Å². The summed E-state index contributed by atoms with van der Waals surface area (Å²) in [5, 5.41) is 118. The zero-order chi connectivity index (χ0) is 42.1. The third kappa shape index (κ3) is 14.3. The van der Waals surface area contributed by atoms with Crippen LogP contribution in [0.15, 0.2) is 36.5 Å². The molecule has 19 nitrogen and oxygen atoms in total. The van der Waals surface area contributed by atoms with Crippen molar-refractivity contribution < 1.29 is 89.4 Å². The molecule has 0 spiro atoms. The highest BCUT2D eigenvalue weighted by atomic mass is 16.8. The summed E-state index contributed by atoms with van der Waals surface area (Å²) in [6.45, 7) is 1.16. The van der Waals surface area contributed by atoms with Gasteiger partial charge < -0.3 is 89.9 Å². The van der Waals surface area contributed by atoms with Gasteiger partial charge in [0.15, 0.2) is 18.9 Å². The molecule has 0 aliphatic carbocycles. The van der Waals surface area contributed by atoms with E-state index in [-0.39, 0.29) is 18.9 Å². The number of unbranched alkanes of at least 4 members (excludes halogenated alkanes) is 4. The summed E-state index contributed by atoms with van der Waals surface area (Å²) in [5.74, 6) is -0.323. The van der Waals surface area contributed by atoms with Crippen molar-refractivity contribution in [2.45, 2.75) is 169 Å². The highest BCUT2D eigenvalue weighted by molar-refractivity contribution is 5.76. The van der Waals surface area contributed by atoms with Crippen molar-refractivity contribution >= 4 is 5.91 Å². The molecule has 17 unspecified atom stereocenters. The molecule has 3 saturated heterocycles. The van der Waals surface area contributed by atoms with Crippen molar-refractivity contribution in [3.8, 4) is 0 Å². The Balaban J connectivity index is 1.64. The lowest BCUT2D eigenvalue weighted by Crippen LogP contribution is -2.66. The molecule has 330 valence electrons. The predicted molar refractivity (Wildman–Crippen MR) is 199 cm³/mol. The number of hydrogen-bond acceptors (Lipinski definition) is 18. The van der Waals surface area contributed by atoms with Gasteiger partial charge in [-0.2, -0.15) is 0 Å². The standard InChI is InChI=1S/C38H65NO18/c1-3-5-7-8-9-10-11-12-14-15-22(43)21(39-26(44)16-13-6-4-2)20-52-36-32(50)29(47)34(24(18-41)54-36)57-38-33(51)30(48)35(25(19-42)55-38)56-37-31(49)28(46)27(45)23(17-40)53-37/h3,5,9-10,14-15,21-25,27-38,40-43,45-51H,4,6-8,11-13,16-20H2,1-2H3,(H,39,44)/b5-3+,10-9+,15-14+. The Kier molecular flexibility index (Phi) is 22.2. The van der Waals surface area contributed by atoms with Gasteiger partial charge in [0.1, 0.15) is 73.2 Å². The molecule has 3 aliphatic rings. The minimum atomic E-state index is -1.98. The van der Waals surface area contributed by atoms with Crippen LogP contribution in [0.3, 0.4) is 0 Å². The molecule has 3 heterocycles. The van der Waals surface area contributed by atoms with E-state index in [2.05, 4.69) is 17.5 Å². The number of amides is 1. The number of ether oxygens (including phenoxy) is 6. The topological polar surface area (TPSA) is 307 Å². The molecule has 19 heteroatoms. The minimum Gasteiger partial charge on any atom is -0.394 e. The van der Waals surface area contributed by atoms with Crippen molar-refractivity contribution in [1.29, 1.82) is 0 Å². The van der Waals surface area contributed by atoms with Crippen molar-refractivity contribution in [2.75, 3.05) is 26.4 Å². The summed E-state index contributed by atoms with van der Waals surface area (Å²) in [6, 6.07) is -0.984. The lowest BCUT2D eigenvalue weighted by atomic mass is 9.96. The molecule has 57 heavy (non-hydrogen) atoms. The lowest BCUT2D eigenvalue weighted by molar-refractivity contribution is -0.379. The van der Waals surface area contributed by atoms with Crippen LogP contribution in [0, 0.1) is 0 Å². The number of rotatable bonds is 23. The van der Waals surface area contributed by atoms with E-state index in [1.54, 1.807) is 6.08 Å². The van der Waals surface area contributed by atoms with Crippen LogP contribution >= 0.6 is 0 Å². The van der Waals surface area contributed by atoms with Crippen LogP contribution in [-0.2, 0) is 33.2 Å². The van der Waals surface area contributed by atoms with Crippen molar-refractivity contribution in [3.63, 3.8) is 0 Å². The third-order valence-corrected chi connectivity index (χ3v) is 10.0. The van der Waals surface area contributed by atoms with E-state index in [0.29, 0.717) is 12.8 Å². The second-order valence-corrected chi connectivity index (χ2v) is 14.4. The molecule has 0 radical (unpaired) electrons. The number of carbonyl (C=O) groups excluding carboxylic acids is 1. The lowest BCUT2D eigenvalue weighted by Gasteiger charge is -2.48. The first kappa shape index (κ1) is 49.4. The predicted octanol–water partition coefficient (Wildman–Crippen LogP) is -2.87. The number of aliphatic hydroxyl groups is 11. The van der Waals surface area contributed by atoms with Crippen LogP contribution < -0.4 is 5.32 Å². The van der Waals surface area contributed by atoms with Crippen LogP contribution in [0.25, 0.3) is 0 Å². The fourth-order valence-electron chi connectivity index (χ4n) is 6.58. The molecule has 0 bridgehead atoms. The van der Waals surface area contributed by atoms with E-state index in [9.17, 15) is 61.0 Å². The molecule has 0 aromatic heterocycles. The SMILES string of the molecule is C/C=C/CC/C=C/CC/C=C/C(O)C(COC1OC(CO)C(OC2OC(CO)C(OC3OC(CO)C(O)C(O)C3O)C(O)C2O)C(O)C1O)NC(=O)CCCCC. The maximum absolute atomic E-state index is 12.7. The third-order valence-electron chi connectivity index (χ3n) is 10.0. The average Bonchev–Trinajstić information content (AvgIpc) is 3.20. The van der Waals surface area contributed by atoms with Gasteiger partial charge in [0.05, 0.1) is 38.6 Å². The Bertz CT molecular complexity index is 1220. The Hall–Kier alpha value is -1.99. The van der Waals surface area contributed by atoms with E-state index in [0.717, 1.165) is 32.1 Å². The number of nitrogens with one attached hydrogen (secondary N) is 1. The van der Waals surface area contributed by atoms with Gasteiger partial charge in [-0.25, -0.2) is 0 Å². The van der Waals surface area contributed by atoms with Crippen molar-refractivity contribution in [2.24, 2.45) is 0 Å². The Morgan fingerprint density at radius 1 is 0.649 bits per heavy atom. The van der Waals surface area contributed by atoms with Gasteiger partial charge in [-0.15, -0.1) is 0 Å². The summed E-state index contributed by atoms with van der Waals surface area (Å²) in [6.07, 6.45) is -9.50. The maximum atomic E-state index is 12.7. The molecule has 3 fully saturated rings. The second kappa shape index (κ2) is 25.6. The van der Waals surface area contributed by atoms with Crippen LogP contribution in [0.1, 0.15) is 65.2 Å². The van der Waals surface area contributed by atoms with Gasteiger partial charge in [-0.3, -0.25) is 4.79 Å². The highest BCUT2D eigenvalue weighted by Crippen LogP contribution is 2.32. The van der Waals surface area contributed by atoms with E-state index in [1.807, 2.05) is 26.0 Å². The maximum Gasteiger partial charge on any atom is 0.220 e. The molecule has 0 saturated carbocycles. The van der Waals surface area contributed by atoms with Crippen molar-refractivity contribution in [3.05, 3.63) is 36.5 Å². The van der Waals surface area contributed by atoms with Gasteiger partial charge in [-0.1, -0.05) is 56.2 Å². The van der Waals surface area contributed by atoms with E-state index in [4.69, 9.17) is 28.4 Å². The Morgan fingerprint density at radius 2 is 1.14 bits per heavy atom. The minimum absolute atomic E-state index is 0.215. The Morgan fingerprint density at radius 3 is 1.68 bits per heavy atom. The first-order chi connectivity index (χ1) is 27.3. The fourth-order valence-corrected chi connectivity index (χ4v) is 6.58. The summed E-state index contributed by atoms with van der Waals surface area (Å²) in [7, 11) is 0. The smallest absolute Gasteiger partial charge is 0.220 e. The quantitative estimate of drug-likeness (QED) is 0.0364. The van der Waals surface area contributed by atoms with E-state index in [1.165, 1.54) is 6.08 Å². The average molecular weight is 824 g/mol. The molecular weight excluding hydrogens is 758 g/mol. The van der Waals surface area contributed by atoms with Gasteiger partial charge in [0.2, 0.25) is 5.91 Å². The number of aliphatic hydroxyl groups excluding tert-OH is 11. The number of allylic oxidation sites excluding steroid dienone is 5. The Labute approximate surface area is 332 Å². The zero-order valence-corrected chi connectivity index (χ0v) is 32.5. The summed E-state index contributed by atoms with van der Waals surface area (Å²) in [5.41, 5.74) is 0. The second-order valence-electron chi connectivity index (χ2n) is 14.4. The van der Waals surface area contributed by atoms with Crippen molar-refractivity contribution in [1.82, 2.24) is 5.32 Å². The molecule has 1 amide bonds. The molecule has 3 rings (SSSR count). The summed E-state index contributed by atoms with van der Waals surface area (Å²) in [4.78, 5) is 12.7. The molecule has 0 aromatic rings. The fraction of sp³-hybridized carbons (Fsp3) is 0.816. The van der Waals surface area contributed by atoms with Gasteiger partial charge >= 0.3 is 0 Å². The molecule has 0 aromatic carbocycles. The molecular formula is C38H65NO18. The zero-order valence-electron chi connectivity index (χ0n) is 32.5. The van der Waals surface area contributed by atoms with Crippen LogP contribution in [0.4, 0.5) is 0 Å². The normalized spacial score (nSPS) is 37.6. The molecule has 3 aliphatic heterocycles. The van der Waals surface area contributed by atoms with Crippen LogP contribution in [-0.4, -0.2) is 193 Å².